The Balaban J connectivity index is 2.00. The molecule has 5 heteroatoms. The molecule has 0 aliphatic heterocycles. The zero-order valence-electron chi connectivity index (χ0n) is 13.6. The van der Waals surface area contributed by atoms with Gasteiger partial charge in [-0.2, -0.15) is 0 Å². The van der Waals surface area contributed by atoms with Gasteiger partial charge in [0.2, 0.25) is 5.91 Å². The molecule has 0 atom stereocenters. The van der Waals surface area contributed by atoms with Crippen molar-refractivity contribution in [1.82, 2.24) is 5.32 Å². The van der Waals surface area contributed by atoms with Gasteiger partial charge in [-0.25, -0.2) is 0 Å². The van der Waals surface area contributed by atoms with E-state index in [1.807, 2.05) is 12.1 Å². The molecule has 0 saturated heterocycles. The number of rotatable bonds is 7. The van der Waals surface area contributed by atoms with E-state index < -0.39 is 0 Å². The van der Waals surface area contributed by atoms with Crippen LogP contribution >= 0.6 is 0 Å². The number of carbonyl (C=O) groups is 1. The molecule has 0 bridgehead atoms. The van der Waals surface area contributed by atoms with Crippen molar-refractivity contribution in [2.45, 2.75) is 32.1 Å². The summed E-state index contributed by atoms with van der Waals surface area (Å²) in [5, 5.41) is 3.02. The fraction of sp³-hybridized carbons (Fsp3) is 0.588. The summed E-state index contributed by atoms with van der Waals surface area (Å²) in [4.78, 5) is 12.1. The van der Waals surface area contributed by atoms with Crippen molar-refractivity contribution in [3.8, 4) is 17.2 Å². The molecule has 1 aromatic rings. The molecule has 0 aromatic heterocycles. The first kappa shape index (κ1) is 16.5. The Labute approximate surface area is 131 Å². The Hall–Kier alpha value is -1.91. The molecule has 1 aromatic carbocycles. The minimum Gasteiger partial charge on any atom is -0.496 e. The van der Waals surface area contributed by atoms with Crippen molar-refractivity contribution < 1.29 is 19.0 Å². The van der Waals surface area contributed by atoms with Gasteiger partial charge in [-0.1, -0.05) is 12.8 Å². The van der Waals surface area contributed by atoms with E-state index in [9.17, 15) is 4.79 Å². The summed E-state index contributed by atoms with van der Waals surface area (Å²) in [5.74, 6) is 2.48. The van der Waals surface area contributed by atoms with Gasteiger partial charge in [0.25, 0.3) is 0 Å². The van der Waals surface area contributed by atoms with Gasteiger partial charge < -0.3 is 19.5 Å². The highest BCUT2D eigenvalue weighted by Gasteiger charge is 2.22. The summed E-state index contributed by atoms with van der Waals surface area (Å²) in [6.45, 7) is 0.578. The van der Waals surface area contributed by atoms with Crippen LogP contribution < -0.4 is 19.5 Å². The Bertz CT molecular complexity index is 484. The summed E-state index contributed by atoms with van der Waals surface area (Å²) < 4.78 is 16.1. The minimum absolute atomic E-state index is 0.170. The molecule has 1 aliphatic rings. The number of methoxy groups -OCH3 is 3. The van der Waals surface area contributed by atoms with Gasteiger partial charge in [0.1, 0.15) is 17.2 Å². The van der Waals surface area contributed by atoms with Crippen LogP contribution in [-0.4, -0.2) is 33.8 Å². The van der Waals surface area contributed by atoms with E-state index in [2.05, 4.69) is 5.32 Å². The van der Waals surface area contributed by atoms with Crippen molar-refractivity contribution in [2.75, 3.05) is 27.9 Å². The van der Waals surface area contributed by atoms with Crippen molar-refractivity contribution >= 4 is 5.91 Å². The van der Waals surface area contributed by atoms with E-state index in [4.69, 9.17) is 14.2 Å². The van der Waals surface area contributed by atoms with Crippen molar-refractivity contribution in [3.63, 3.8) is 0 Å². The topological polar surface area (TPSA) is 56.8 Å². The largest absolute Gasteiger partial charge is 0.496 e. The van der Waals surface area contributed by atoms with Gasteiger partial charge >= 0.3 is 0 Å². The standard InChI is InChI=1S/C17H25NO4/c1-20-13-10-15(21-2)14(16(11-13)22-3)8-9-18-17(19)12-6-4-5-7-12/h10-12H,4-9H2,1-3H3,(H,18,19). The first-order chi connectivity index (χ1) is 10.7. The van der Waals surface area contributed by atoms with Crippen LogP contribution in [-0.2, 0) is 11.2 Å². The molecule has 1 N–H and O–H groups in total. The first-order valence-electron chi connectivity index (χ1n) is 7.76. The third-order valence-electron chi connectivity index (χ3n) is 4.22. The molecule has 0 spiro atoms. The number of nitrogens with one attached hydrogen (secondary N) is 1. The molecule has 2 rings (SSSR count). The Morgan fingerprint density at radius 1 is 1.09 bits per heavy atom. The van der Waals surface area contributed by atoms with E-state index in [0.29, 0.717) is 30.2 Å². The predicted molar refractivity (Wildman–Crippen MR) is 84.8 cm³/mol. The number of ether oxygens (including phenoxy) is 3. The van der Waals surface area contributed by atoms with Crippen molar-refractivity contribution in [1.29, 1.82) is 0 Å². The number of hydrogen-bond donors (Lipinski definition) is 1. The lowest BCUT2D eigenvalue weighted by Crippen LogP contribution is -2.31. The van der Waals surface area contributed by atoms with Gasteiger partial charge in [0, 0.05) is 30.2 Å². The molecular formula is C17H25NO4. The quantitative estimate of drug-likeness (QED) is 0.841. The lowest BCUT2D eigenvalue weighted by molar-refractivity contribution is -0.124. The van der Waals surface area contributed by atoms with Gasteiger partial charge in [-0.3, -0.25) is 4.79 Å². The highest BCUT2D eigenvalue weighted by molar-refractivity contribution is 5.78. The molecule has 1 saturated carbocycles. The first-order valence-corrected chi connectivity index (χ1v) is 7.76. The lowest BCUT2D eigenvalue weighted by Gasteiger charge is -2.16. The fourth-order valence-corrected chi connectivity index (χ4v) is 2.97. The van der Waals surface area contributed by atoms with Gasteiger partial charge in [0.05, 0.1) is 21.3 Å². The maximum Gasteiger partial charge on any atom is 0.223 e. The second-order valence-corrected chi connectivity index (χ2v) is 5.53. The van der Waals surface area contributed by atoms with E-state index in [-0.39, 0.29) is 11.8 Å². The molecule has 5 nitrogen and oxygen atoms in total. The van der Waals surface area contributed by atoms with Crippen LogP contribution in [0.25, 0.3) is 0 Å². The molecule has 1 aliphatic carbocycles. The van der Waals surface area contributed by atoms with Crippen LogP contribution in [0.4, 0.5) is 0 Å². The number of benzene rings is 1. The number of carbonyl (C=O) groups excluding carboxylic acids is 1. The van der Waals surface area contributed by atoms with Gasteiger partial charge in [-0.15, -0.1) is 0 Å². The van der Waals surface area contributed by atoms with Crippen LogP contribution in [0.5, 0.6) is 17.2 Å². The lowest BCUT2D eigenvalue weighted by atomic mass is 10.1. The third kappa shape index (κ3) is 3.84. The minimum atomic E-state index is 0.170. The van der Waals surface area contributed by atoms with E-state index in [0.717, 1.165) is 31.2 Å². The van der Waals surface area contributed by atoms with Crippen molar-refractivity contribution in [2.24, 2.45) is 5.92 Å². The fourth-order valence-electron chi connectivity index (χ4n) is 2.97. The zero-order chi connectivity index (χ0) is 15.9. The summed E-state index contributed by atoms with van der Waals surface area (Å²) in [5.41, 5.74) is 0.942. The van der Waals surface area contributed by atoms with Crippen LogP contribution in [0.2, 0.25) is 0 Å². The average molecular weight is 307 g/mol. The molecule has 0 heterocycles. The summed E-state index contributed by atoms with van der Waals surface area (Å²) in [6.07, 6.45) is 5.02. The van der Waals surface area contributed by atoms with Crippen LogP contribution in [0.15, 0.2) is 12.1 Å². The summed E-state index contributed by atoms with van der Waals surface area (Å²) >= 11 is 0. The Kier molecular flexibility index (Phi) is 5.92. The van der Waals surface area contributed by atoms with E-state index in [1.54, 1.807) is 21.3 Å². The summed E-state index contributed by atoms with van der Waals surface area (Å²) in [7, 11) is 4.85. The van der Waals surface area contributed by atoms with Gasteiger partial charge in [-0.05, 0) is 19.3 Å². The van der Waals surface area contributed by atoms with Gasteiger partial charge in [0.15, 0.2) is 0 Å². The molecule has 1 amide bonds. The SMILES string of the molecule is COc1cc(OC)c(CCNC(=O)C2CCCC2)c(OC)c1. The number of hydrogen-bond acceptors (Lipinski definition) is 4. The molecule has 122 valence electrons. The van der Waals surface area contributed by atoms with E-state index >= 15 is 0 Å². The smallest absolute Gasteiger partial charge is 0.223 e. The Morgan fingerprint density at radius 3 is 2.18 bits per heavy atom. The maximum atomic E-state index is 12.1. The zero-order valence-corrected chi connectivity index (χ0v) is 13.6. The second kappa shape index (κ2) is 7.92. The van der Waals surface area contributed by atoms with Crippen LogP contribution in [0, 0.1) is 5.92 Å². The summed E-state index contributed by atoms with van der Waals surface area (Å²) in [6, 6.07) is 3.66. The normalized spacial score (nSPS) is 14.7. The predicted octanol–water partition coefficient (Wildman–Crippen LogP) is 2.56. The monoisotopic (exact) mass is 307 g/mol. The molecule has 22 heavy (non-hydrogen) atoms. The average Bonchev–Trinajstić information content (AvgIpc) is 3.09. The Morgan fingerprint density at radius 2 is 1.68 bits per heavy atom. The molecule has 0 radical (unpaired) electrons. The third-order valence-corrected chi connectivity index (χ3v) is 4.22. The van der Waals surface area contributed by atoms with Crippen LogP contribution in [0.1, 0.15) is 31.2 Å². The number of amides is 1. The molecule has 0 unspecified atom stereocenters. The highest BCUT2D eigenvalue weighted by atomic mass is 16.5. The van der Waals surface area contributed by atoms with Crippen molar-refractivity contribution in [3.05, 3.63) is 17.7 Å². The second-order valence-electron chi connectivity index (χ2n) is 5.53. The molecular weight excluding hydrogens is 282 g/mol. The highest BCUT2D eigenvalue weighted by Crippen LogP contribution is 2.34. The van der Waals surface area contributed by atoms with Crippen LogP contribution in [0.3, 0.4) is 0 Å². The van der Waals surface area contributed by atoms with E-state index in [1.165, 1.54) is 0 Å². The maximum absolute atomic E-state index is 12.1. The molecule has 1 fully saturated rings.